The van der Waals surface area contributed by atoms with Gasteiger partial charge < -0.3 is 15.3 Å². The Labute approximate surface area is 123 Å². The van der Waals surface area contributed by atoms with Gasteiger partial charge in [-0.05, 0) is 38.1 Å². The molecule has 0 saturated carbocycles. The van der Waals surface area contributed by atoms with E-state index in [0.29, 0.717) is 17.2 Å². The summed E-state index contributed by atoms with van der Waals surface area (Å²) in [6.07, 6.45) is 1.62. The number of nitrogens with one attached hydrogen (secondary N) is 1. The number of amides is 1. The van der Waals surface area contributed by atoms with E-state index in [9.17, 15) is 4.79 Å². The summed E-state index contributed by atoms with van der Waals surface area (Å²) in [5.74, 6) is 6.35. The first kappa shape index (κ1) is 15.0. The van der Waals surface area contributed by atoms with Gasteiger partial charge in [0.1, 0.15) is 0 Å². The van der Waals surface area contributed by atoms with E-state index in [0.717, 1.165) is 30.9 Å². The van der Waals surface area contributed by atoms with Crippen LogP contribution in [0.1, 0.15) is 27.4 Å². The number of rotatable bonds is 4. The summed E-state index contributed by atoms with van der Waals surface area (Å²) in [4.78, 5) is 15.9. The van der Waals surface area contributed by atoms with E-state index in [1.54, 1.807) is 0 Å². The maximum Gasteiger partial charge on any atom is 0.261 e. The van der Waals surface area contributed by atoms with Crippen LogP contribution >= 0.6 is 11.3 Å². The molecule has 2 rings (SSSR count). The Bertz CT molecular complexity index is 515. The van der Waals surface area contributed by atoms with E-state index in [1.807, 2.05) is 12.1 Å². The maximum atomic E-state index is 12.0. The molecule has 1 unspecified atom stereocenters. The van der Waals surface area contributed by atoms with Crippen LogP contribution in [0, 0.1) is 17.8 Å². The molecule has 5 heteroatoms. The van der Waals surface area contributed by atoms with Crippen molar-refractivity contribution in [3.05, 3.63) is 21.9 Å². The number of carbonyl (C=O) groups is 1. The molecule has 1 atom stereocenters. The van der Waals surface area contributed by atoms with Gasteiger partial charge >= 0.3 is 0 Å². The molecule has 2 N–H and O–H groups in total. The van der Waals surface area contributed by atoms with Gasteiger partial charge in [0.2, 0.25) is 0 Å². The Balaban J connectivity index is 1.82. The Kier molecular flexibility index (Phi) is 5.60. The third-order valence-corrected chi connectivity index (χ3v) is 4.32. The molecular weight excluding hydrogens is 272 g/mol. The first-order valence-corrected chi connectivity index (χ1v) is 7.67. The molecule has 1 amide bonds. The quantitative estimate of drug-likeness (QED) is 0.819. The molecule has 0 aromatic carbocycles. The van der Waals surface area contributed by atoms with E-state index in [4.69, 9.17) is 5.11 Å². The van der Waals surface area contributed by atoms with Gasteiger partial charge in [-0.25, -0.2) is 0 Å². The van der Waals surface area contributed by atoms with Gasteiger partial charge in [-0.15, -0.1) is 11.3 Å². The molecule has 1 aromatic rings. The van der Waals surface area contributed by atoms with Crippen molar-refractivity contribution in [2.75, 3.05) is 33.3 Å². The third-order valence-electron chi connectivity index (χ3n) is 3.32. The van der Waals surface area contributed by atoms with Gasteiger partial charge in [-0.1, -0.05) is 11.8 Å². The van der Waals surface area contributed by atoms with Crippen molar-refractivity contribution < 1.29 is 9.90 Å². The summed E-state index contributed by atoms with van der Waals surface area (Å²) < 4.78 is 0. The standard InChI is InChI=1S/C15H20N2O2S/c1-17-8-7-12(11-17)10-16-15(19)14-6-5-13(20-14)4-2-3-9-18/h5-6,12,18H,3,7-11H2,1H3,(H,16,19). The van der Waals surface area contributed by atoms with Gasteiger partial charge in [-0.2, -0.15) is 0 Å². The van der Waals surface area contributed by atoms with E-state index >= 15 is 0 Å². The van der Waals surface area contributed by atoms with Gasteiger partial charge in [0.25, 0.3) is 5.91 Å². The molecule has 0 bridgehead atoms. The molecule has 0 radical (unpaired) electrons. The van der Waals surface area contributed by atoms with Crippen LogP contribution in [0.25, 0.3) is 0 Å². The van der Waals surface area contributed by atoms with Gasteiger partial charge in [0.05, 0.1) is 16.4 Å². The Morgan fingerprint density at radius 2 is 2.45 bits per heavy atom. The minimum atomic E-state index is -0.0141. The highest BCUT2D eigenvalue weighted by molar-refractivity contribution is 7.14. The van der Waals surface area contributed by atoms with Crippen molar-refractivity contribution in [3.8, 4) is 11.8 Å². The molecule has 20 heavy (non-hydrogen) atoms. The summed E-state index contributed by atoms with van der Waals surface area (Å²) in [5, 5.41) is 11.7. The summed E-state index contributed by atoms with van der Waals surface area (Å²) >= 11 is 1.40. The van der Waals surface area contributed by atoms with E-state index in [1.165, 1.54) is 11.3 Å². The van der Waals surface area contributed by atoms with E-state index in [-0.39, 0.29) is 12.5 Å². The van der Waals surface area contributed by atoms with Crippen molar-refractivity contribution in [2.45, 2.75) is 12.8 Å². The van der Waals surface area contributed by atoms with Crippen molar-refractivity contribution >= 4 is 17.2 Å². The molecule has 1 aliphatic rings. The van der Waals surface area contributed by atoms with Crippen LogP contribution in [-0.2, 0) is 0 Å². The summed E-state index contributed by atoms with van der Waals surface area (Å²) in [7, 11) is 2.11. The average Bonchev–Trinajstić information content (AvgIpc) is 3.06. The van der Waals surface area contributed by atoms with E-state index < -0.39 is 0 Å². The zero-order valence-electron chi connectivity index (χ0n) is 11.7. The molecule has 1 fully saturated rings. The third kappa shape index (κ3) is 4.34. The van der Waals surface area contributed by atoms with Crippen molar-refractivity contribution in [3.63, 3.8) is 0 Å². The summed E-state index contributed by atoms with van der Waals surface area (Å²) in [6, 6.07) is 3.66. The smallest absolute Gasteiger partial charge is 0.261 e. The van der Waals surface area contributed by atoms with Gasteiger partial charge in [-0.3, -0.25) is 4.79 Å². The minimum absolute atomic E-state index is 0.0141. The van der Waals surface area contributed by atoms with Gasteiger partial charge in [0, 0.05) is 19.5 Å². The SMILES string of the molecule is CN1CCC(CNC(=O)c2ccc(C#CCCO)s2)C1. The number of hydrogen-bond acceptors (Lipinski definition) is 4. The Morgan fingerprint density at radius 3 is 3.15 bits per heavy atom. The predicted molar refractivity (Wildman–Crippen MR) is 80.8 cm³/mol. The number of likely N-dealkylation sites (tertiary alicyclic amines) is 1. The number of aliphatic hydroxyl groups excluding tert-OH is 1. The molecule has 108 valence electrons. The number of thiophene rings is 1. The van der Waals surface area contributed by atoms with Crippen LogP contribution in [0.4, 0.5) is 0 Å². The van der Waals surface area contributed by atoms with Crippen molar-refractivity contribution in [2.24, 2.45) is 5.92 Å². The lowest BCUT2D eigenvalue weighted by atomic mass is 10.1. The highest BCUT2D eigenvalue weighted by Gasteiger charge is 2.20. The highest BCUT2D eigenvalue weighted by Crippen LogP contribution is 2.16. The van der Waals surface area contributed by atoms with Crippen LogP contribution in [-0.4, -0.2) is 49.2 Å². The van der Waals surface area contributed by atoms with E-state index in [2.05, 4.69) is 29.1 Å². The van der Waals surface area contributed by atoms with Crippen LogP contribution in [0.5, 0.6) is 0 Å². The number of aliphatic hydroxyl groups is 1. The topological polar surface area (TPSA) is 52.6 Å². The van der Waals surface area contributed by atoms with Crippen LogP contribution in [0.15, 0.2) is 12.1 Å². The molecule has 0 aliphatic carbocycles. The lowest BCUT2D eigenvalue weighted by molar-refractivity contribution is 0.0951. The zero-order chi connectivity index (χ0) is 14.4. The maximum absolute atomic E-state index is 12.0. The molecule has 1 saturated heterocycles. The average molecular weight is 292 g/mol. The number of hydrogen-bond donors (Lipinski definition) is 2. The Hall–Kier alpha value is -1.35. The molecular formula is C15H20N2O2S. The Morgan fingerprint density at radius 1 is 1.60 bits per heavy atom. The second kappa shape index (κ2) is 7.44. The molecule has 4 nitrogen and oxygen atoms in total. The molecule has 0 spiro atoms. The molecule has 2 heterocycles. The van der Waals surface area contributed by atoms with Gasteiger partial charge in [0.15, 0.2) is 0 Å². The number of nitrogens with zero attached hydrogens (tertiary/aromatic N) is 1. The first-order chi connectivity index (χ1) is 9.69. The minimum Gasteiger partial charge on any atom is -0.395 e. The van der Waals surface area contributed by atoms with Crippen molar-refractivity contribution in [1.82, 2.24) is 10.2 Å². The largest absolute Gasteiger partial charge is 0.395 e. The van der Waals surface area contributed by atoms with Crippen LogP contribution < -0.4 is 5.32 Å². The van der Waals surface area contributed by atoms with Crippen LogP contribution in [0.2, 0.25) is 0 Å². The fourth-order valence-electron chi connectivity index (χ4n) is 2.25. The van der Waals surface area contributed by atoms with Crippen molar-refractivity contribution in [1.29, 1.82) is 0 Å². The molecule has 1 aromatic heterocycles. The highest BCUT2D eigenvalue weighted by atomic mass is 32.1. The molecule has 1 aliphatic heterocycles. The zero-order valence-corrected chi connectivity index (χ0v) is 12.5. The number of carbonyl (C=O) groups excluding carboxylic acids is 1. The monoisotopic (exact) mass is 292 g/mol. The second-order valence-electron chi connectivity index (χ2n) is 5.07. The second-order valence-corrected chi connectivity index (χ2v) is 6.15. The normalized spacial score (nSPS) is 18.6. The lowest BCUT2D eigenvalue weighted by Crippen LogP contribution is -2.29. The summed E-state index contributed by atoms with van der Waals surface area (Å²) in [6.45, 7) is 2.99. The fourth-order valence-corrected chi connectivity index (χ4v) is 3.05. The van der Waals surface area contributed by atoms with Crippen LogP contribution in [0.3, 0.4) is 0 Å². The first-order valence-electron chi connectivity index (χ1n) is 6.85. The summed E-state index contributed by atoms with van der Waals surface area (Å²) in [5.41, 5.74) is 0. The lowest BCUT2D eigenvalue weighted by Gasteiger charge is -2.10. The predicted octanol–water partition coefficient (Wildman–Crippen LogP) is 1.16. The fraction of sp³-hybridized carbons (Fsp3) is 0.533.